The van der Waals surface area contributed by atoms with Crippen molar-refractivity contribution in [3.8, 4) is 0 Å². The van der Waals surface area contributed by atoms with E-state index in [4.69, 9.17) is 4.74 Å². The third-order valence-corrected chi connectivity index (χ3v) is 3.41. The first-order chi connectivity index (χ1) is 10.1. The monoisotopic (exact) mass is 292 g/mol. The Balaban J connectivity index is 1.96. The predicted octanol–water partition coefficient (Wildman–Crippen LogP) is 1.11. The van der Waals surface area contributed by atoms with Crippen molar-refractivity contribution < 1.29 is 19.4 Å². The SMILES string of the molecule is CC1CN(C(=O)N[C@H](Cc2ccccc2)C(=O)O)CCO1. The van der Waals surface area contributed by atoms with Gasteiger partial charge in [-0.2, -0.15) is 0 Å². The first kappa shape index (κ1) is 15.3. The van der Waals surface area contributed by atoms with Crippen molar-refractivity contribution in [3.63, 3.8) is 0 Å². The second-order valence-corrected chi connectivity index (χ2v) is 5.16. The van der Waals surface area contributed by atoms with Crippen LogP contribution < -0.4 is 5.32 Å². The van der Waals surface area contributed by atoms with Crippen LogP contribution >= 0.6 is 0 Å². The minimum atomic E-state index is -1.03. The van der Waals surface area contributed by atoms with Gasteiger partial charge in [0.05, 0.1) is 12.7 Å². The van der Waals surface area contributed by atoms with Gasteiger partial charge in [-0.25, -0.2) is 9.59 Å². The maximum absolute atomic E-state index is 12.1. The molecule has 6 heteroatoms. The molecule has 1 aliphatic rings. The van der Waals surface area contributed by atoms with Gasteiger partial charge in [-0.1, -0.05) is 30.3 Å². The van der Waals surface area contributed by atoms with Gasteiger partial charge in [0.25, 0.3) is 0 Å². The van der Waals surface area contributed by atoms with Crippen molar-refractivity contribution in [1.29, 1.82) is 0 Å². The summed E-state index contributed by atoms with van der Waals surface area (Å²) in [4.78, 5) is 25.1. The molecule has 0 aliphatic carbocycles. The van der Waals surface area contributed by atoms with Crippen LogP contribution in [0.25, 0.3) is 0 Å². The second-order valence-electron chi connectivity index (χ2n) is 5.16. The van der Waals surface area contributed by atoms with Crippen molar-refractivity contribution >= 4 is 12.0 Å². The number of amides is 2. The Morgan fingerprint density at radius 3 is 2.76 bits per heavy atom. The number of rotatable bonds is 4. The highest BCUT2D eigenvalue weighted by atomic mass is 16.5. The molecule has 2 amide bonds. The number of carbonyl (C=O) groups excluding carboxylic acids is 1. The van der Waals surface area contributed by atoms with Gasteiger partial charge in [-0.15, -0.1) is 0 Å². The molecule has 2 atom stereocenters. The summed E-state index contributed by atoms with van der Waals surface area (Å²) in [7, 11) is 0. The zero-order valence-electron chi connectivity index (χ0n) is 12.0. The number of aliphatic carboxylic acids is 1. The average Bonchev–Trinajstić information content (AvgIpc) is 2.47. The minimum absolute atomic E-state index is 0.0260. The van der Waals surface area contributed by atoms with E-state index in [0.29, 0.717) is 19.7 Å². The summed E-state index contributed by atoms with van der Waals surface area (Å²) in [5, 5.41) is 11.9. The van der Waals surface area contributed by atoms with Crippen LogP contribution in [0, 0.1) is 0 Å². The summed E-state index contributed by atoms with van der Waals surface area (Å²) in [6.07, 6.45) is 0.240. The Labute approximate surface area is 123 Å². The Bertz CT molecular complexity index is 492. The standard InChI is InChI=1S/C15H20N2O4/c1-11-10-17(7-8-21-11)15(20)16-13(14(18)19)9-12-5-3-2-4-6-12/h2-6,11,13H,7-10H2,1H3,(H,16,20)(H,18,19)/t11?,13-/m1/s1. The predicted molar refractivity (Wildman–Crippen MR) is 77.1 cm³/mol. The molecule has 1 unspecified atom stereocenters. The van der Waals surface area contributed by atoms with Gasteiger partial charge in [-0.05, 0) is 12.5 Å². The highest BCUT2D eigenvalue weighted by Crippen LogP contribution is 2.07. The maximum Gasteiger partial charge on any atom is 0.326 e. The van der Waals surface area contributed by atoms with Crippen molar-refractivity contribution in [3.05, 3.63) is 35.9 Å². The molecule has 0 bridgehead atoms. The first-order valence-corrected chi connectivity index (χ1v) is 7.00. The molecule has 0 spiro atoms. The zero-order chi connectivity index (χ0) is 15.2. The van der Waals surface area contributed by atoms with Crippen LogP contribution in [-0.4, -0.2) is 53.8 Å². The quantitative estimate of drug-likeness (QED) is 0.871. The molecule has 0 aromatic heterocycles. The molecule has 1 saturated heterocycles. The Kier molecular flexibility index (Phi) is 5.16. The topological polar surface area (TPSA) is 78.9 Å². The molecule has 114 valence electrons. The number of carboxylic acids is 1. The van der Waals surface area contributed by atoms with Crippen molar-refractivity contribution in [2.24, 2.45) is 0 Å². The van der Waals surface area contributed by atoms with E-state index < -0.39 is 12.0 Å². The van der Waals surface area contributed by atoms with E-state index in [0.717, 1.165) is 5.56 Å². The number of ether oxygens (including phenoxy) is 1. The molecular formula is C15H20N2O4. The van der Waals surface area contributed by atoms with Crippen molar-refractivity contribution in [2.45, 2.75) is 25.5 Å². The summed E-state index contributed by atoms with van der Waals surface area (Å²) in [6, 6.07) is 7.97. The first-order valence-electron chi connectivity index (χ1n) is 7.00. The van der Waals surface area contributed by atoms with Gasteiger partial charge in [0.1, 0.15) is 6.04 Å². The summed E-state index contributed by atoms with van der Waals surface area (Å²) in [6.45, 7) is 3.32. The number of carbonyl (C=O) groups is 2. The molecule has 6 nitrogen and oxygen atoms in total. The minimum Gasteiger partial charge on any atom is -0.480 e. The Morgan fingerprint density at radius 1 is 1.43 bits per heavy atom. The highest BCUT2D eigenvalue weighted by Gasteiger charge is 2.26. The molecular weight excluding hydrogens is 272 g/mol. The van der Waals surface area contributed by atoms with Crippen LogP contribution in [0.3, 0.4) is 0 Å². The smallest absolute Gasteiger partial charge is 0.326 e. The molecule has 2 N–H and O–H groups in total. The number of morpholine rings is 1. The Hall–Kier alpha value is -2.08. The van der Waals surface area contributed by atoms with E-state index >= 15 is 0 Å². The molecule has 1 aromatic rings. The average molecular weight is 292 g/mol. The summed E-state index contributed by atoms with van der Waals surface area (Å²) < 4.78 is 5.37. The van der Waals surface area contributed by atoms with E-state index in [-0.39, 0.29) is 18.6 Å². The van der Waals surface area contributed by atoms with E-state index in [2.05, 4.69) is 5.32 Å². The summed E-state index contributed by atoms with van der Waals surface area (Å²) >= 11 is 0. The number of carboxylic acid groups (broad SMARTS) is 1. The zero-order valence-corrected chi connectivity index (χ0v) is 12.0. The molecule has 21 heavy (non-hydrogen) atoms. The molecule has 1 fully saturated rings. The van der Waals surface area contributed by atoms with E-state index in [1.54, 1.807) is 4.90 Å². The van der Waals surface area contributed by atoms with E-state index in [1.807, 2.05) is 37.3 Å². The van der Waals surface area contributed by atoms with E-state index in [1.165, 1.54) is 0 Å². The normalized spacial score (nSPS) is 19.9. The van der Waals surface area contributed by atoms with Gasteiger partial charge >= 0.3 is 12.0 Å². The maximum atomic E-state index is 12.1. The highest BCUT2D eigenvalue weighted by molar-refractivity contribution is 5.82. The molecule has 1 heterocycles. The fourth-order valence-electron chi connectivity index (χ4n) is 2.29. The van der Waals surface area contributed by atoms with Crippen LogP contribution in [-0.2, 0) is 16.0 Å². The summed E-state index contributed by atoms with van der Waals surface area (Å²) in [5.74, 6) is -1.03. The molecule has 1 aromatic carbocycles. The van der Waals surface area contributed by atoms with Crippen molar-refractivity contribution in [1.82, 2.24) is 10.2 Å². The number of nitrogens with one attached hydrogen (secondary N) is 1. The fourth-order valence-corrected chi connectivity index (χ4v) is 2.29. The third-order valence-electron chi connectivity index (χ3n) is 3.41. The van der Waals surface area contributed by atoms with Crippen LogP contribution in [0.5, 0.6) is 0 Å². The van der Waals surface area contributed by atoms with Gasteiger partial charge in [0.2, 0.25) is 0 Å². The Morgan fingerprint density at radius 2 is 2.14 bits per heavy atom. The van der Waals surface area contributed by atoms with Gasteiger partial charge < -0.3 is 20.1 Å². The van der Waals surface area contributed by atoms with Gasteiger partial charge in [-0.3, -0.25) is 0 Å². The third kappa shape index (κ3) is 4.46. The number of hydrogen-bond acceptors (Lipinski definition) is 3. The second kappa shape index (κ2) is 7.08. The molecule has 0 saturated carbocycles. The molecule has 0 radical (unpaired) electrons. The molecule has 2 rings (SSSR count). The van der Waals surface area contributed by atoms with Crippen LogP contribution in [0.4, 0.5) is 4.79 Å². The van der Waals surface area contributed by atoms with Gasteiger partial charge in [0.15, 0.2) is 0 Å². The molecule has 1 aliphatic heterocycles. The number of hydrogen-bond donors (Lipinski definition) is 2. The van der Waals surface area contributed by atoms with Crippen LogP contribution in [0.2, 0.25) is 0 Å². The van der Waals surface area contributed by atoms with Crippen molar-refractivity contribution in [2.75, 3.05) is 19.7 Å². The van der Waals surface area contributed by atoms with Crippen LogP contribution in [0.15, 0.2) is 30.3 Å². The van der Waals surface area contributed by atoms with Crippen LogP contribution in [0.1, 0.15) is 12.5 Å². The number of benzene rings is 1. The van der Waals surface area contributed by atoms with E-state index in [9.17, 15) is 14.7 Å². The lowest BCUT2D eigenvalue weighted by Gasteiger charge is -2.32. The largest absolute Gasteiger partial charge is 0.480 e. The number of nitrogens with zero attached hydrogens (tertiary/aromatic N) is 1. The number of urea groups is 1. The van der Waals surface area contributed by atoms with Gasteiger partial charge in [0, 0.05) is 19.5 Å². The lowest BCUT2D eigenvalue weighted by Crippen LogP contribution is -2.53. The lowest BCUT2D eigenvalue weighted by atomic mass is 10.1. The summed E-state index contributed by atoms with van der Waals surface area (Å²) in [5.41, 5.74) is 0.876. The lowest BCUT2D eigenvalue weighted by molar-refractivity contribution is -0.139. The fraction of sp³-hybridized carbons (Fsp3) is 0.467.